The van der Waals surface area contributed by atoms with Crippen LogP contribution < -0.4 is 45.5 Å². The number of amides is 3. The van der Waals surface area contributed by atoms with Crippen molar-refractivity contribution >= 4 is 45.7 Å². The summed E-state index contributed by atoms with van der Waals surface area (Å²) in [6, 6.07) is 4.35. The van der Waals surface area contributed by atoms with Crippen molar-refractivity contribution in [1.82, 2.24) is 16.0 Å². The van der Waals surface area contributed by atoms with Gasteiger partial charge in [-0.2, -0.15) is 0 Å². The fourth-order valence-electron chi connectivity index (χ4n) is 3.71. The summed E-state index contributed by atoms with van der Waals surface area (Å²) >= 11 is 5.92. The van der Waals surface area contributed by atoms with Crippen molar-refractivity contribution < 1.29 is 66.8 Å². The van der Waals surface area contributed by atoms with Crippen LogP contribution in [0.3, 0.4) is 0 Å². The summed E-state index contributed by atoms with van der Waals surface area (Å²) in [4.78, 5) is 37.1. The summed E-state index contributed by atoms with van der Waals surface area (Å²) in [6.07, 6.45) is 2.66. The Morgan fingerprint density at radius 2 is 2.03 bits per heavy atom. The van der Waals surface area contributed by atoms with Crippen molar-refractivity contribution in [3.8, 4) is 0 Å². The first-order valence-electron chi connectivity index (χ1n) is 11.4. The van der Waals surface area contributed by atoms with E-state index in [1.54, 1.807) is 44.2 Å². The van der Waals surface area contributed by atoms with E-state index < -0.39 is 45.6 Å². The van der Waals surface area contributed by atoms with Crippen molar-refractivity contribution in [3.63, 3.8) is 0 Å². The van der Waals surface area contributed by atoms with Gasteiger partial charge in [-0.3, -0.25) is 9.59 Å². The van der Waals surface area contributed by atoms with Crippen molar-refractivity contribution in [1.29, 1.82) is 0 Å². The molecular formula is C23H31ClN3NaO8S. The molecule has 0 bridgehead atoms. The molecular weight excluding hydrogens is 537 g/mol. The Balaban J connectivity index is 0.00000684. The topological polar surface area (TPSA) is 174 Å². The molecule has 0 radical (unpaired) electrons. The summed E-state index contributed by atoms with van der Waals surface area (Å²) in [5, 5.41) is 17.9. The summed E-state index contributed by atoms with van der Waals surface area (Å²) in [6.45, 7) is 3.87. The Labute approximate surface area is 243 Å². The molecule has 4 N–H and O–H groups in total. The third kappa shape index (κ3) is 11.7. The molecule has 2 rings (SSSR count). The quantitative estimate of drug-likeness (QED) is 0.172. The SMILES string of the molecule is CC(C)C[C@H](NC(=O)OC/C=C/c1cccc(Cl)c1)C(=O)N[C@@H](C[C@@H]1CCNC1=O)C(O)S(=O)(=O)[O-].[Na+]. The number of carbonyl (C=O) groups is 3. The summed E-state index contributed by atoms with van der Waals surface area (Å²) in [7, 11) is -5.19. The van der Waals surface area contributed by atoms with Crippen LogP contribution in [0.4, 0.5) is 4.79 Å². The predicted molar refractivity (Wildman–Crippen MR) is 132 cm³/mol. The molecule has 0 aromatic heterocycles. The first-order chi connectivity index (χ1) is 16.9. The van der Waals surface area contributed by atoms with Gasteiger partial charge in [-0.25, -0.2) is 13.2 Å². The second-order valence-corrected chi connectivity index (χ2v) is 10.8. The normalized spacial score (nSPS) is 18.0. The second-order valence-electron chi connectivity index (χ2n) is 8.89. The third-order valence-electron chi connectivity index (χ3n) is 5.45. The maximum absolute atomic E-state index is 12.9. The minimum atomic E-state index is -5.19. The molecule has 1 aromatic rings. The number of hydrogen-bond donors (Lipinski definition) is 4. The Morgan fingerprint density at radius 1 is 1.32 bits per heavy atom. The second kappa shape index (κ2) is 15.7. The Hall–Kier alpha value is -1.67. The van der Waals surface area contributed by atoms with Gasteiger partial charge in [-0.05, 0) is 49.0 Å². The molecule has 37 heavy (non-hydrogen) atoms. The van der Waals surface area contributed by atoms with Crippen molar-refractivity contribution in [2.24, 2.45) is 11.8 Å². The van der Waals surface area contributed by atoms with Crippen LogP contribution >= 0.6 is 11.6 Å². The molecule has 200 valence electrons. The van der Waals surface area contributed by atoms with Crippen LogP contribution in [-0.2, 0) is 24.4 Å². The fraction of sp³-hybridized carbons (Fsp3) is 0.522. The molecule has 1 heterocycles. The number of nitrogens with one attached hydrogen (secondary N) is 3. The molecule has 1 unspecified atom stereocenters. The van der Waals surface area contributed by atoms with Crippen molar-refractivity contribution in [3.05, 3.63) is 40.9 Å². The smallest absolute Gasteiger partial charge is 0.746 e. The minimum absolute atomic E-state index is 0. The standard InChI is InChI=1S/C23H32ClN3O8S.Na/c1-14(2)11-18(27-23(31)35-10-4-6-15-5-3-7-17(24)12-15)21(29)26-19(22(30)36(32,33)34)13-16-8-9-25-20(16)28;/h3-7,12,14,16,18-19,22,30H,8-11,13H2,1-2H3,(H,25,28)(H,26,29)(H,27,31)(H,32,33,34);/q;+1/p-1/b6-4+;/t16-,18-,19-,22?;/m0./s1. The predicted octanol–water partition coefficient (Wildman–Crippen LogP) is -1.63. The molecule has 3 amide bonds. The Kier molecular flexibility index (Phi) is 14.1. The van der Waals surface area contributed by atoms with E-state index in [0.717, 1.165) is 5.56 Å². The molecule has 1 aliphatic heterocycles. The van der Waals surface area contributed by atoms with E-state index >= 15 is 0 Å². The molecule has 0 aliphatic carbocycles. The zero-order chi connectivity index (χ0) is 26.9. The number of alkyl carbamates (subject to hydrolysis) is 1. The van der Waals surface area contributed by atoms with Crippen LogP contribution in [-0.4, -0.2) is 66.7 Å². The molecule has 1 aliphatic rings. The molecule has 14 heteroatoms. The van der Waals surface area contributed by atoms with Gasteiger partial charge in [0.25, 0.3) is 0 Å². The molecule has 11 nitrogen and oxygen atoms in total. The van der Waals surface area contributed by atoms with Gasteiger partial charge >= 0.3 is 35.7 Å². The zero-order valence-electron chi connectivity index (χ0n) is 21.0. The molecule has 0 saturated carbocycles. The molecule has 1 aromatic carbocycles. The van der Waals surface area contributed by atoms with Crippen LogP contribution in [0.5, 0.6) is 0 Å². The number of hydrogen-bond acceptors (Lipinski definition) is 8. The van der Waals surface area contributed by atoms with Crippen LogP contribution in [0.25, 0.3) is 6.08 Å². The zero-order valence-corrected chi connectivity index (χ0v) is 24.5. The van der Waals surface area contributed by atoms with E-state index in [1.165, 1.54) is 0 Å². The number of benzene rings is 1. The maximum atomic E-state index is 12.9. The van der Waals surface area contributed by atoms with Gasteiger partial charge < -0.3 is 30.3 Å². The van der Waals surface area contributed by atoms with Crippen LogP contribution in [0.15, 0.2) is 30.3 Å². The molecule has 1 saturated heterocycles. The first kappa shape index (κ1) is 33.4. The Morgan fingerprint density at radius 3 is 2.59 bits per heavy atom. The van der Waals surface area contributed by atoms with Crippen molar-refractivity contribution in [2.75, 3.05) is 13.2 Å². The fourth-order valence-corrected chi connectivity index (χ4v) is 4.49. The number of carbonyl (C=O) groups excluding carboxylic acids is 3. The van der Waals surface area contributed by atoms with E-state index in [2.05, 4.69) is 16.0 Å². The van der Waals surface area contributed by atoms with Gasteiger partial charge in [0.1, 0.15) is 22.8 Å². The number of halogens is 1. The first-order valence-corrected chi connectivity index (χ1v) is 13.3. The largest absolute Gasteiger partial charge is 1.00 e. The van der Waals surface area contributed by atoms with E-state index in [9.17, 15) is 32.5 Å². The maximum Gasteiger partial charge on any atom is 1.00 e. The number of aliphatic hydroxyl groups excluding tert-OH is 1. The van der Waals surface area contributed by atoms with Crippen LogP contribution in [0.1, 0.15) is 38.7 Å². The number of ether oxygens (including phenoxy) is 1. The van der Waals surface area contributed by atoms with Gasteiger partial charge in [0.2, 0.25) is 11.8 Å². The number of rotatable bonds is 12. The van der Waals surface area contributed by atoms with E-state index in [4.69, 9.17) is 16.3 Å². The summed E-state index contributed by atoms with van der Waals surface area (Å²) in [5.74, 6) is -1.92. The van der Waals surface area contributed by atoms with Gasteiger partial charge in [-0.1, -0.05) is 43.7 Å². The Bertz CT molecular complexity index is 1070. The number of aliphatic hydroxyl groups is 1. The third-order valence-corrected chi connectivity index (χ3v) is 6.61. The average Bonchev–Trinajstić information content (AvgIpc) is 3.18. The van der Waals surface area contributed by atoms with Crippen molar-refractivity contribution in [2.45, 2.75) is 50.6 Å². The van der Waals surface area contributed by atoms with Crippen LogP contribution in [0.2, 0.25) is 5.02 Å². The molecule has 1 fully saturated rings. The molecule has 4 atom stereocenters. The van der Waals surface area contributed by atoms with Gasteiger partial charge in [-0.15, -0.1) is 0 Å². The van der Waals surface area contributed by atoms with Gasteiger partial charge in [0, 0.05) is 17.5 Å². The van der Waals surface area contributed by atoms with E-state index in [0.29, 0.717) is 18.0 Å². The summed E-state index contributed by atoms with van der Waals surface area (Å²) in [5.41, 5.74) is -1.66. The minimum Gasteiger partial charge on any atom is -0.746 e. The monoisotopic (exact) mass is 567 g/mol. The van der Waals surface area contributed by atoms with E-state index in [-0.39, 0.29) is 60.8 Å². The molecule has 0 spiro atoms. The van der Waals surface area contributed by atoms with Gasteiger partial charge in [0.15, 0.2) is 5.44 Å². The van der Waals surface area contributed by atoms with Crippen LogP contribution in [0, 0.1) is 11.8 Å². The van der Waals surface area contributed by atoms with Gasteiger partial charge in [0.05, 0.1) is 6.04 Å². The average molecular weight is 568 g/mol. The van der Waals surface area contributed by atoms with E-state index in [1.807, 2.05) is 6.07 Å². The summed E-state index contributed by atoms with van der Waals surface area (Å²) < 4.78 is 39.4.